The van der Waals surface area contributed by atoms with Gasteiger partial charge in [-0.2, -0.15) is 0 Å². The summed E-state index contributed by atoms with van der Waals surface area (Å²) in [5, 5.41) is 8.92. The number of aliphatic carboxylic acids is 1. The number of hydrogen-bond donors (Lipinski definition) is 1. The average molecular weight is 339 g/mol. The lowest BCUT2D eigenvalue weighted by molar-refractivity contribution is -0.148. The van der Waals surface area contributed by atoms with Crippen molar-refractivity contribution >= 4 is 23.6 Å². The van der Waals surface area contributed by atoms with Gasteiger partial charge in [0.1, 0.15) is 6.04 Å². The minimum Gasteiger partial charge on any atom is -0.490 e. The second-order valence-corrected chi connectivity index (χ2v) is 6.44. The van der Waals surface area contributed by atoms with E-state index in [1.807, 2.05) is 18.2 Å². The zero-order valence-electron chi connectivity index (χ0n) is 13.3. The van der Waals surface area contributed by atoms with Crippen LogP contribution in [0.15, 0.2) is 23.1 Å². The van der Waals surface area contributed by atoms with Crippen molar-refractivity contribution in [2.75, 3.05) is 26.0 Å². The van der Waals surface area contributed by atoms with E-state index in [4.69, 9.17) is 14.6 Å². The molecule has 0 spiro atoms. The summed E-state index contributed by atoms with van der Waals surface area (Å²) in [6, 6.07) is 4.92. The number of carbonyl (C=O) groups is 2. The van der Waals surface area contributed by atoms with Crippen molar-refractivity contribution < 1.29 is 24.2 Å². The molecule has 2 rings (SSSR count). The summed E-state index contributed by atoms with van der Waals surface area (Å²) < 4.78 is 11.2. The van der Waals surface area contributed by atoms with Crippen LogP contribution in [0.4, 0.5) is 0 Å². The summed E-state index contributed by atoms with van der Waals surface area (Å²) >= 11 is 1.54. The Morgan fingerprint density at radius 3 is 2.70 bits per heavy atom. The van der Waals surface area contributed by atoms with Crippen LogP contribution in [0.2, 0.25) is 0 Å². The number of likely N-dealkylation sites (N-methyl/N-ethyl adjacent to an activating group) is 1. The Morgan fingerprint density at radius 2 is 2.00 bits per heavy atom. The number of rotatable bonds is 6. The van der Waals surface area contributed by atoms with E-state index in [2.05, 4.69) is 0 Å². The molecule has 1 aromatic carbocycles. The Bertz CT molecular complexity index is 578. The standard InChI is InChI=1S/C16H21NO5S/c1-11(16(19)20)17(2)15(18)6-9-23-12-4-5-13-14(10-12)22-8-3-7-21-13/h4-5,10-11H,3,6-9H2,1-2H3,(H,19,20). The number of carboxylic acids is 1. The van der Waals surface area contributed by atoms with Crippen molar-refractivity contribution in [2.24, 2.45) is 0 Å². The predicted octanol–water partition coefficient (Wildman–Crippen LogP) is 2.26. The maximum atomic E-state index is 12.0. The van der Waals surface area contributed by atoms with Gasteiger partial charge in [0.2, 0.25) is 5.91 Å². The molecule has 1 aromatic rings. The second-order valence-electron chi connectivity index (χ2n) is 5.28. The van der Waals surface area contributed by atoms with Crippen molar-refractivity contribution in [3.63, 3.8) is 0 Å². The van der Waals surface area contributed by atoms with Gasteiger partial charge >= 0.3 is 5.97 Å². The van der Waals surface area contributed by atoms with Crippen LogP contribution in [0.1, 0.15) is 19.8 Å². The molecule has 1 heterocycles. The van der Waals surface area contributed by atoms with E-state index in [9.17, 15) is 9.59 Å². The van der Waals surface area contributed by atoms with Crippen molar-refractivity contribution in [1.29, 1.82) is 0 Å². The minimum absolute atomic E-state index is 0.179. The van der Waals surface area contributed by atoms with Crippen LogP contribution in [0.25, 0.3) is 0 Å². The highest BCUT2D eigenvalue weighted by molar-refractivity contribution is 7.99. The molecular formula is C16H21NO5S. The summed E-state index contributed by atoms with van der Waals surface area (Å²) in [6.45, 7) is 2.79. The molecule has 0 bridgehead atoms. The van der Waals surface area contributed by atoms with Gasteiger partial charge in [-0.3, -0.25) is 4.79 Å². The lowest BCUT2D eigenvalue weighted by Gasteiger charge is -2.21. The van der Waals surface area contributed by atoms with E-state index in [1.165, 1.54) is 30.6 Å². The average Bonchev–Trinajstić information content (AvgIpc) is 2.78. The van der Waals surface area contributed by atoms with Crippen LogP contribution in [-0.2, 0) is 9.59 Å². The Hall–Kier alpha value is -1.89. The molecule has 126 valence electrons. The fourth-order valence-electron chi connectivity index (χ4n) is 2.05. The van der Waals surface area contributed by atoms with E-state index in [1.54, 1.807) is 0 Å². The Labute approximate surface area is 139 Å². The van der Waals surface area contributed by atoms with Crippen molar-refractivity contribution in [3.8, 4) is 11.5 Å². The highest BCUT2D eigenvalue weighted by Gasteiger charge is 2.21. The molecule has 1 aliphatic rings. The van der Waals surface area contributed by atoms with E-state index < -0.39 is 12.0 Å². The van der Waals surface area contributed by atoms with E-state index in [0.717, 1.165) is 22.8 Å². The van der Waals surface area contributed by atoms with Crippen molar-refractivity contribution in [1.82, 2.24) is 4.90 Å². The van der Waals surface area contributed by atoms with Gasteiger partial charge in [-0.05, 0) is 25.1 Å². The Morgan fingerprint density at radius 1 is 1.30 bits per heavy atom. The van der Waals surface area contributed by atoms with Gasteiger partial charge in [-0.1, -0.05) is 0 Å². The molecule has 7 heteroatoms. The van der Waals surface area contributed by atoms with Crippen LogP contribution in [-0.4, -0.2) is 53.9 Å². The molecule has 0 aromatic heterocycles. The van der Waals surface area contributed by atoms with Crippen LogP contribution < -0.4 is 9.47 Å². The number of amides is 1. The summed E-state index contributed by atoms with van der Waals surface area (Å²) in [7, 11) is 1.51. The topological polar surface area (TPSA) is 76.1 Å². The number of carboxylic acid groups (broad SMARTS) is 1. The predicted molar refractivity (Wildman–Crippen MR) is 87.3 cm³/mol. The molecular weight excluding hydrogens is 318 g/mol. The van der Waals surface area contributed by atoms with E-state index >= 15 is 0 Å². The molecule has 23 heavy (non-hydrogen) atoms. The molecule has 1 aliphatic heterocycles. The molecule has 0 saturated carbocycles. The summed E-state index contributed by atoms with van der Waals surface area (Å²) in [5.74, 6) is 0.876. The molecule has 0 fully saturated rings. The van der Waals surface area contributed by atoms with Crippen LogP contribution in [0, 0.1) is 0 Å². The highest BCUT2D eigenvalue weighted by Crippen LogP contribution is 2.34. The van der Waals surface area contributed by atoms with Gasteiger partial charge in [0, 0.05) is 30.5 Å². The number of fused-ring (bicyclic) bond motifs is 1. The number of thioether (sulfide) groups is 1. The zero-order valence-corrected chi connectivity index (χ0v) is 14.1. The monoisotopic (exact) mass is 339 g/mol. The molecule has 1 N–H and O–H groups in total. The zero-order chi connectivity index (χ0) is 16.8. The Kier molecular flexibility index (Phi) is 6.15. The lowest BCUT2D eigenvalue weighted by atomic mass is 10.3. The van der Waals surface area contributed by atoms with Crippen LogP contribution in [0.5, 0.6) is 11.5 Å². The van der Waals surface area contributed by atoms with Gasteiger partial charge in [0.15, 0.2) is 11.5 Å². The quantitative estimate of drug-likeness (QED) is 0.801. The molecule has 6 nitrogen and oxygen atoms in total. The maximum absolute atomic E-state index is 12.0. The van der Waals surface area contributed by atoms with Gasteiger partial charge in [0.05, 0.1) is 13.2 Å². The summed E-state index contributed by atoms with van der Waals surface area (Å²) in [5.41, 5.74) is 0. The maximum Gasteiger partial charge on any atom is 0.326 e. The molecule has 0 saturated heterocycles. The molecule has 1 amide bonds. The van der Waals surface area contributed by atoms with Crippen LogP contribution in [0.3, 0.4) is 0 Å². The smallest absolute Gasteiger partial charge is 0.326 e. The third kappa shape index (κ3) is 4.79. The molecule has 1 unspecified atom stereocenters. The largest absolute Gasteiger partial charge is 0.490 e. The number of nitrogens with zero attached hydrogens (tertiary/aromatic N) is 1. The first-order chi connectivity index (χ1) is 11.0. The second kappa shape index (κ2) is 8.10. The fraction of sp³-hybridized carbons (Fsp3) is 0.500. The first kappa shape index (κ1) is 17.5. The number of hydrogen-bond acceptors (Lipinski definition) is 5. The number of ether oxygens (including phenoxy) is 2. The number of carbonyl (C=O) groups excluding carboxylic acids is 1. The SMILES string of the molecule is CC(C(=O)O)N(C)C(=O)CCSc1ccc2c(c1)OCCCO2. The molecule has 0 radical (unpaired) electrons. The normalized spacial score (nSPS) is 14.7. The lowest BCUT2D eigenvalue weighted by Crippen LogP contribution is -2.40. The Balaban J connectivity index is 1.85. The molecule has 0 aliphatic carbocycles. The third-order valence-electron chi connectivity index (χ3n) is 3.64. The van der Waals surface area contributed by atoms with Gasteiger partial charge in [-0.25, -0.2) is 4.79 Å². The van der Waals surface area contributed by atoms with E-state index in [-0.39, 0.29) is 12.3 Å². The third-order valence-corrected chi connectivity index (χ3v) is 4.63. The van der Waals surface area contributed by atoms with Crippen molar-refractivity contribution in [3.05, 3.63) is 18.2 Å². The van der Waals surface area contributed by atoms with Gasteiger partial charge in [-0.15, -0.1) is 11.8 Å². The first-order valence-electron chi connectivity index (χ1n) is 7.50. The fourth-order valence-corrected chi connectivity index (χ4v) is 2.91. The number of benzene rings is 1. The van der Waals surface area contributed by atoms with Gasteiger partial charge in [0.25, 0.3) is 0 Å². The minimum atomic E-state index is -1.00. The molecule has 1 atom stereocenters. The summed E-state index contributed by atoms with van der Waals surface area (Å²) in [4.78, 5) is 25.1. The first-order valence-corrected chi connectivity index (χ1v) is 8.48. The van der Waals surface area contributed by atoms with Crippen molar-refractivity contribution in [2.45, 2.75) is 30.7 Å². The highest BCUT2D eigenvalue weighted by atomic mass is 32.2. The van der Waals surface area contributed by atoms with Gasteiger partial charge < -0.3 is 19.5 Å². The van der Waals surface area contributed by atoms with E-state index in [0.29, 0.717) is 19.0 Å². The summed E-state index contributed by atoms with van der Waals surface area (Å²) in [6.07, 6.45) is 1.15. The van der Waals surface area contributed by atoms with Crippen LogP contribution >= 0.6 is 11.8 Å².